The minimum Gasteiger partial charge on any atom is -0.477 e. The lowest BCUT2D eigenvalue weighted by atomic mass is 10.1. The third kappa shape index (κ3) is 3.36. The van der Waals surface area contributed by atoms with Gasteiger partial charge in [0, 0.05) is 17.5 Å². The van der Waals surface area contributed by atoms with Crippen LogP contribution in [0.1, 0.15) is 19.4 Å². The Hall–Kier alpha value is -2.01. The molecule has 5 nitrogen and oxygen atoms in total. The second-order valence-electron chi connectivity index (χ2n) is 4.54. The third-order valence-corrected chi connectivity index (χ3v) is 3.22. The summed E-state index contributed by atoms with van der Waals surface area (Å²) in [5.41, 5.74) is 0.678. The van der Waals surface area contributed by atoms with Gasteiger partial charge in [-0.25, -0.2) is 9.59 Å². The Balaban J connectivity index is 2.39. The molecule has 21 heavy (non-hydrogen) atoms. The first-order valence-electron chi connectivity index (χ1n) is 6.49. The number of ether oxygens (including phenoxy) is 2. The Morgan fingerprint density at radius 3 is 2.76 bits per heavy atom. The van der Waals surface area contributed by atoms with Gasteiger partial charge in [0.05, 0.1) is 11.6 Å². The van der Waals surface area contributed by atoms with E-state index >= 15 is 0 Å². The van der Waals surface area contributed by atoms with Crippen LogP contribution in [0, 0.1) is 6.92 Å². The van der Waals surface area contributed by atoms with Crippen LogP contribution in [0.5, 0.6) is 5.75 Å². The molecule has 0 amide bonds. The van der Waals surface area contributed by atoms with Crippen molar-refractivity contribution in [3.8, 4) is 5.75 Å². The summed E-state index contributed by atoms with van der Waals surface area (Å²) < 4.78 is 15.5. The minimum absolute atomic E-state index is 0.257. The summed E-state index contributed by atoms with van der Waals surface area (Å²) in [5.74, 6) is -0.133. The van der Waals surface area contributed by atoms with Crippen molar-refractivity contribution in [1.29, 1.82) is 0 Å². The van der Waals surface area contributed by atoms with E-state index in [9.17, 15) is 9.59 Å². The lowest BCUT2D eigenvalue weighted by Crippen LogP contribution is -2.26. The van der Waals surface area contributed by atoms with Crippen molar-refractivity contribution < 1.29 is 18.7 Å². The Bertz CT molecular complexity index is 735. The molecule has 0 fully saturated rings. The first-order chi connectivity index (χ1) is 9.92. The Morgan fingerprint density at radius 2 is 2.10 bits per heavy atom. The molecule has 1 heterocycles. The molecule has 0 bridgehead atoms. The van der Waals surface area contributed by atoms with Crippen molar-refractivity contribution in [3.05, 3.63) is 39.2 Å². The van der Waals surface area contributed by atoms with Crippen molar-refractivity contribution in [2.75, 3.05) is 6.61 Å². The number of esters is 1. The van der Waals surface area contributed by atoms with E-state index < -0.39 is 17.7 Å². The van der Waals surface area contributed by atoms with Gasteiger partial charge in [-0.3, -0.25) is 0 Å². The van der Waals surface area contributed by atoms with Gasteiger partial charge in [-0.05, 0) is 32.4 Å². The van der Waals surface area contributed by atoms with Crippen molar-refractivity contribution in [1.82, 2.24) is 0 Å². The first kappa shape index (κ1) is 15.4. The third-order valence-electron chi connectivity index (χ3n) is 2.93. The van der Waals surface area contributed by atoms with Crippen molar-refractivity contribution in [3.63, 3.8) is 0 Å². The van der Waals surface area contributed by atoms with E-state index in [4.69, 9.17) is 25.5 Å². The van der Waals surface area contributed by atoms with E-state index in [1.807, 2.05) is 0 Å². The van der Waals surface area contributed by atoms with E-state index in [1.54, 1.807) is 26.8 Å². The molecule has 0 aliphatic rings. The van der Waals surface area contributed by atoms with E-state index in [1.165, 1.54) is 12.1 Å². The van der Waals surface area contributed by atoms with E-state index in [-0.39, 0.29) is 11.6 Å². The zero-order valence-electron chi connectivity index (χ0n) is 11.9. The Labute approximate surface area is 126 Å². The lowest BCUT2D eigenvalue weighted by molar-refractivity contribution is -0.150. The molecule has 2 rings (SSSR count). The number of fused-ring (bicyclic) bond motifs is 1. The van der Waals surface area contributed by atoms with Gasteiger partial charge in [0.1, 0.15) is 11.3 Å². The van der Waals surface area contributed by atoms with Crippen molar-refractivity contribution in [2.24, 2.45) is 0 Å². The highest BCUT2D eigenvalue weighted by Crippen LogP contribution is 2.31. The molecule has 2 aromatic rings. The van der Waals surface area contributed by atoms with Gasteiger partial charge in [-0.15, -0.1) is 0 Å². The lowest BCUT2D eigenvalue weighted by Gasteiger charge is -2.15. The summed E-state index contributed by atoms with van der Waals surface area (Å²) >= 11 is 6.09. The van der Waals surface area contributed by atoms with Crippen LogP contribution >= 0.6 is 11.6 Å². The quantitative estimate of drug-likeness (QED) is 0.641. The number of aryl methyl sites for hydroxylation is 1. The number of benzene rings is 1. The van der Waals surface area contributed by atoms with Gasteiger partial charge in [0.25, 0.3) is 0 Å². The molecule has 1 aromatic carbocycles. The maximum Gasteiger partial charge on any atom is 0.347 e. The SMILES string of the molecule is CCOC(=O)C(C)Oc1cc2c(C)cc(=O)oc2cc1Cl. The summed E-state index contributed by atoms with van der Waals surface area (Å²) in [6.07, 6.45) is -0.782. The molecule has 6 heteroatoms. The van der Waals surface area contributed by atoms with Crippen molar-refractivity contribution in [2.45, 2.75) is 26.9 Å². The Kier molecular flexibility index (Phi) is 4.53. The van der Waals surface area contributed by atoms with Gasteiger partial charge < -0.3 is 13.9 Å². The Morgan fingerprint density at radius 1 is 1.38 bits per heavy atom. The number of hydrogen-bond donors (Lipinski definition) is 0. The highest BCUT2D eigenvalue weighted by molar-refractivity contribution is 6.32. The second kappa shape index (κ2) is 6.18. The molecule has 1 aromatic heterocycles. The van der Waals surface area contributed by atoms with E-state index in [0.717, 1.165) is 5.56 Å². The molecular formula is C15H15ClO5. The van der Waals surface area contributed by atoms with E-state index in [2.05, 4.69) is 0 Å². The number of hydrogen-bond acceptors (Lipinski definition) is 5. The molecule has 0 saturated heterocycles. The number of halogens is 1. The van der Waals surface area contributed by atoms with Gasteiger partial charge in [0.15, 0.2) is 6.10 Å². The molecule has 0 N–H and O–H groups in total. The highest BCUT2D eigenvalue weighted by atomic mass is 35.5. The maximum absolute atomic E-state index is 11.6. The molecule has 0 aliphatic heterocycles. The molecule has 1 unspecified atom stereocenters. The fourth-order valence-electron chi connectivity index (χ4n) is 1.91. The summed E-state index contributed by atoms with van der Waals surface area (Å²) in [6.45, 7) is 5.36. The largest absolute Gasteiger partial charge is 0.477 e. The van der Waals surface area contributed by atoms with Crippen LogP contribution in [-0.4, -0.2) is 18.7 Å². The first-order valence-corrected chi connectivity index (χ1v) is 6.87. The summed E-state index contributed by atoms with van der Waals surface area (Å²) in [4.78, 5) is 22.9. The highest BCUT2D eigenvalue weighted by Gasteiger charge is 2.18. The fraction of sp³-hybridized carbons (Fsp3) is 0.333. The van der Waals surface area contributed by atoms with Crippen LogP contribution in [0.15, 0.2) is 27.4 Å². The predicted octanol–water partition coefficient (Wildman–Crippen LogP) is 3.09. The van der Waals surface area contributed by atoms with Crippen LogP contribution in [0.25, 0.3) is 11.0 Å². The van der Waals surface area contributed by atoms with E-state index in [0.29, 0.717) is 16.7 Å². The molecule has 1 atom stereocenters. The smallest absolute Gasteiger partial charge is 0.347 e. The topological polar surface area (TPSA) is 65.7 Å². The van der Waals surface area contributed by atoms with Crippen LogP contribution in [0.4, 0.5) is 0 Å². The molecular weight excluding hydrogens is 296 g/mol. The average molecular weight is 311 g/mol. The zero-order valence-corrected chi connectivity index (χ0v) is 12.7. The average Bonchev–Trinajstić information content (AvgIpc) is 2.40. The normalized spacial score (nSPS) is 12.2. The van der Waals surface area contributed by atoms with Gasteiger partial charge in [0.2, 0.25) is 0 Å². The molecule has 112 valence electrons. The summed E-state index contributed by atoms with van der Waals surface area (Å²) in [7, 11) is 0. The molecule has 0 radical (unpaired) electrons. The summed E-state index contributed by atoms with van der Waals surface area (Å²) in [5, 5.41) is 0.956. The zero-order chi connectivity index (χ0) is 15.6. The van der Waals surface area contributed by atoms with Gasteiger partial charge in [-0.1, -0.05) is 11.6 Å². The second-order valence-corrected chi connectivity index (χ2v) is 4.95. The maximum atomic E-state index is 11.6. The molecule has 0 spiro atoms. The standard InChI is InChI=1S/C15H15ClO5/c1-4-19-15(18)9(3)20-13-6-10-8(2)5-14(17)21-12(10)7-11(13)16/h5-7,9H,4H2,1-3H3. The number of carbonyl (C=O) groups is 1. The fourth-order valence-corrected chi connectivity index (χ4v) is 2.11. The van der Waals surface area contributed by atoms with Crippen LogP contribution in [0.2, 0.25) is 5.02 Å². The summed E-state index contributed by atoms with van der Waals surface area (Å²) in [6, 6.07) is 4.53. The number of rotatable bonds is 4. The van der Waals surface area contributed by atoms with Crippen LogP contribution < -0.4 is 10.4 Å². The van der Waals surface area contributed by atoms with Crippen LogP contribution in [-0.2, 0) is 9.53 Å². The van der Waals surface area contributed by atoms with Crippen LogP contribution in [0.3, 0.4) is 0 Å². The van der Waals surface area contributed by atoms with Gasteiger partial charge >= 0.3 is 11.6 Å². The monoisotopic (exact) mass is 310 g/mol. The predicted molar refractivity (Wildman–Crippen MR) is 79.0 cm³/mol. The minimum atomic E-state index is -0.782. The van der Waals surface area contributed by atoms with Crippen molar-refractivity contribution >= 4 is 28.5 Å². The van der Waals surface area contributed by atoms with Gasteiger partial charge in [-0.2, -0.15) is 0 Å². The molecule has 0 aliphatic carbocycles. The number of carbonyl (C=O) groups excluding carboxylic acids is 1. The molecule has 0 saturated carbocycles.